The van der Waals surface area contributed by atoms with E-state index in [0.717, 1.165) is 0 Å². The van der Waals surface area contributed by atoms with Gasteiger partial charge in [0.05, 0.1) is 6.61 Å². The minimum Gasteiger partial charge on any atom is -0.472 e. The Labute approximate surface area is 94.4 Å². The molecule has 1 aromatic rings. The molecular weight excluding hydrogens is 212 g/mol. The second-order valence-corrected chi connectivity index (χ2v) is 3.55. The van der Waals surface area contributed by atoms with E-state index in [1.165, 1.54) is 0 Å². The summed E-state index contributed by atoms with van der Waals surface area (Å²) >= 11 is 4.82. The summed E-state index contributed by atoms with van der Waals surface area (Å²) in [6.07, 6.45) is -0.0518. The first-order valence-electron chi connectivity index (χ1n) is 4.56. The molecule has 4 nitrogen and oxygen atoms in total. The minimum absolute atomic E-state index is 0.0518. The quantitative estimate of drug-likeness (QED) is 0.763. The molecule has 0 amide bonds. The van der Waals surface area contributed by atoms with E-state index in [1.54, 1.807) is 25.3 Å². The Morgan fingerprint density at radius 3 is 2.93 bits per heavy atom. The Bertz CT molecular complexity index is 344. The molecule has 0 aliphatic carbocycles. The van der Waals surface area contributed by atoms with Gasteiger partial charge in [-0.05, 0) is 13.0 Å². The highest BCUT2D eigenvalue weighted by Gasteiger charge is 2.05. The van der Waals surface area contributed by atoms with Crippen molar-refractivity contribution in [2.24, 2.45) is 5.73 Å². The van der Waals surface area contributed by atoms with Gasteiger partial charge in [-0.2, -0.15) is 0 Å². The molecule has 0 bridgehead atoms. The summed E-state index contributed by atoms with van der Waals surface area (Å²) in [7, 11) is 1.62. The highest BCUT2D eigenvalue weighted by atomic mass is 32.1. The Balaban J connectivity index is 2.69. The van der Waals surface area contributed by atoms with Gasteiger partial charge in [0.2, 0.25) is 5.88 Å². The third-order valence-corrected chi connectivity index (χ3v) is 1.91. The molecule has 0 aromatic carbocycles. The largest absolute Gasteiger partial charge is 0.472 e. The fourth-order valence-corrected chi connectivity index (χ4v) is 1.21. The zero-order chi connectivity index (χ0) is 11.3. The summed E-state index contributed by atoms with van der Waals surface area (Å²) in [4.78, 5) is 4.41. The number of methoxy groups -OCH3 is 1. The molecule has 2 N–H and O–H groups in total. The molecule has 15 heavy (non-hydrogen) atoms. The molecule has 1 unspecified atom stereocenters. The molecule has 0 fully saturated rings. The first kappa shape index (κ1) is 11.9. The van der Waals surface area contributed by atoms with Crippen LogP contribution in [0.1, 0.15) is 12.6 Å². The van der Waals surface area contributed by atoms with Crippen LogP contribution in [0.4, 0.5) is 0 Å². The first-order valence-corrected chi connectivity index (χ1v) is 4.96. The van der Waals surface area contributed by atoms with E-state index in [2.05, 4.69) is 4.98 Å². The van der Waals surface area contributed by atoms with E-state index >= 15 is 0 Å². The maximum atomic E-state index is 5.49. The fourth-order valence-electron chi connectivity index (χ4n) is 1.09. The molecule has 0 aliphatic rings. The number of hydrogen-bond donors (Lipinski definition) is 1. The smallest absolute Gasteiger partial charge is 0.214 e. The van der Waals surface area contributed by atoms with Crippen LogP contribution in [0.15, 0.2) is 18.2 Å². The topological polar surface area (TPSA) is 57.4 Å². The van der Waals surface area contributed by atoms with Crippen LogP contribution < -0.4 is 10.5 Å². The van der Waals surface area contributed by atoms with Crippen LogP contribution in [0.3, 0.4) is 0 Å². The van der Waals surface area contributed by atoms with Crippen molar-refractivity contribution in [2.75, 3.05) is 13.7 Å². The van der Waals surface area contributed by atoms with Crippen molar-refractivity contribution in [1.29, 1.82) is 0 Å². The van der Waals surface area contributed by atoms with Crippen molar-refractivity contribution in [2.45, 2.75) is 13.0 Å². The van der Waals surface area contributed by atoms with Gasteiger partial charge < -0.3 is 15.2 Å². The molecule has 1 heterocycles. The molecule has 0 aliphatic heterocycles. The normalized spacial score (nSPS) is 12.1. The zero-order valence-electron chi connectivity index (χ0n) is 8.77. The Morgan fingerprint density at radius 1 is 1.60 bits per heavy atom. The Kier molecular flexibility index (Phi) is 4.45. The summed E-state index contributed by atoms with van der Waals surface area (Å²) in [5.74, 6) is 0.504. The molecule has 1 rings (SSSR count). The van der Waals surface area contributed by atoms with Crippen molar-refractivity contribution >= 4 is 17.2 Å². The number of pyridine rings is 1. The third kappa shape index (κ3) is 3.81. The van der Waals surface area contributed by atoms with E-state index in [0.29, 0.717) is 18.2 Å². The molecule has 1 atom stereocenters. The maximum Gasteiger partial charge on any atom is 0.214 e. The van der Waals surface area contributed by atoms with E-state index in [4.69, 9.17) is 27.4 Å². The molecule has 0 saturated carbocycles. The van der Waals surface area contributed by atoms with E-state index in [9.17, 15) is 0 Å². The van der Waals surface area contributed by atoms with Gasteiger partial charge in [-0.25, -0.2) is 4.98 Å². The number of thiocarbonyl (C=S) groups is 1. The molecule has 1 aromatic heterocycles. The lowest BCUT2D eigenvalue weighted by molar-refractivity contribution is 0.0889. The molecule has 0 radical (unpaired) electrons. The van der Waals surface area contributed by atoms with Crippen molar-refractivity contribution in [1.82, 2.24) is 4.98 Å². The van der Waals surface area contributed by atoms with Crippen molar-refractivity contribution in [3.05, 3.63) is 23.9 Å². The van der Waals surface area contributed by atoms with Gasteiger partial charge in [-0.15, -0.1) is 0 Å². The van der Waals surface area contributed by atoms with Gasteiger partial charge >= 0.3 is 0 Å². The molecule has 0 saturated heterocycles. The Morgan fingerprint density at radius 2 is 2.33 bits per heavy atom. The predicted octanol–water partition coefficient (Wildman–Crippen LogP) is 1.13. The predicted molar refractivity (Wildman–Crippen MR) is 62.1 cm³/mol. The number of nitrogens with zero attached hydrogens (tertiary/aromatic N) is 1. The van der Waals surface area contributed by atoms with Crippen LogP contribution in [0.25, 0.3) is 0 Å². The lowest BCUT2D eigenvalue weighted by Gasteiger charge is -2.12. The van der Waals surface area contributed by atoms with Gasteiger partial charge in [0.1, 0.15) is 16.8 Å². The van der Waals surface area contributed by atoms with Crippen LogP contribution in [-0.4, -0.2) is 29.8 Å². The average Bonchev–Trinajstić information content (AvgIpc) is 2.18. The first-order chi connectivity index (χ1) is 7.13. The summed E-state index contributed by atoms with van der Waals surface area (Å²) < 4.78 is 10.4. The average molecular weight is 226 g/mol. The van der Waals surface area contributed by atoms with Crippen molar-refractivity contribution in [3.63, 3.8) is 0 Å². The monoisotopic (exact) mass is 226 g/mol. The van der Waals surface area contributed by atoms with Crippen LogP contribution in [0.2, 0.25) is 0 Å². The van der Waals surface area contributed by atoms with Gasteiger partial charge in [0.15, 0.2) is 0 Å². The molecule has 5 heteroatoms. The molecule has 0 spiro atoms. The second kappa shape index (κ2) is 5.63. The van der Waals surface area contributed by atoms with Gasteiger partial charge in [0.25, 0.3) is 0 Å². The summed E-state index contributed by atoms with van der Waals surface area (Å²) in [6.45, 7) is 2.41. The summed E-state index contributed by atoms with van der Waals surface area (Å²) in [6, 6.07) is 5.31. The third-order valence-electron chi connectivity index (χ3n) is 1.70. The van der Waals surface area contributed by atoms with Gasteiger partial charge in [0, 0.05) is 13.2 Å². The number of aromatic nitrogens is 1. The minimum atomic E-state index is -0.0518. The number of ether oxygens (including phenoxy) is 2. The van der Waals surface area contributed by atoms with Crippen molar-refractivity contribution in [3.8, 4) is 5.88 Å². The fraction of sp³-hybridized carbons (Fsp3) is 0.400. The summed E-state index contributed by atoms with van der Waals surface area (Å²) in [5.41, 5.74) is 6.02. The van der Waals surface area contributed by atoms with E-state index in [1.807, 2.05) is 6.92 Å². The van der Waals surface area contributed by atoms with Crippen LogP contribution in [-0.2, 0) is 4.74 Å². The number of rotatable bonds is 5. The lowest BCUT2D eigenvalue weighted by atomic mass is 10.3. The lowest BCUT2D eigenvalue weighted by Crippen LogP contribution is -2.19. The van der Waals surface area contributed by atoms with Gasteiger partial charge in [-0.3, -0.25) is 0 Å². The van der Waals surface area contributed by atoms with E-state index < -0.39 is 0 Å². The van der Waals surface area contributed by atoms with Crippen molar-refractivity contribution < 1.29 is 9.47 Å². The maximum absolute atomic E-state index is 5.49. The molecule has 82 valence electrons. The standard InChI is InChI=1S/C10H14N2O2S/c1-7(6-13-2)14-9-5-3-4-8(12-9)10(11)15/h3-5,7H,6H2,1-2H3,(H2,11,15). The number of nitrogens with two attached hydrogens (primary N) is 1. The highest BCUT2D eigenvalue weighted by molar-refractivity contribution is 7.80. The highest BCUT2D eigenvalue weighted by Crippen LogP contribution is 2.09. The van der Waals surface area contributed by atoms with Crippen LogP contribution >= 0.6 is 12.2 Å². The number of hydrogen-bond acceptors (Lipinski definition) is 4. The summed E-state index contributed by atoms with van der Waals surface area (Å²) in [5, 5.41) is 0. The van der Waals surface area contributed by atoms with E-state index in [-0.39, 0.29) is 11.1 Å². The van der Waals surface area contributed by atoms with Crippen LogP contribution in [0, 0.1) is 0 Å². The molecular formula is C10H14N2O2S. The van der Waals surface area contributed by atoms with Crippen LogP contribution in [0.5, 0.6) is 5.88 Å². The SMILES string of the molecule is COCC(C)Oc1cccc(C(N)=S)n1. The van der Waals surface area contributed by atoms with Gasteiger partial charge in [-0.1, -0.05) is 18.3 Å². The zero-order valence-corrected chi connectivity index (χ0v) is 9.58. The second-order valence-electron chi connectivity index (χ2n) is 3.11. The Hall–Kier alpha value is -1.20.